The van der Waals surface area contributed by atoms with E-state index < -0.39 is 6.09 Å². The maximum absolute atomic E-state index is 11.8. The van der Waals surface area contributed by atoms with Crippen molar-refractivity contribution in [3.63, 3.8) is 0 Å². The monoisotopic (exact) mass is 298 g/mol. The number of hydrogen-bond acceptors (Lipinski definition) is 3. The fraction of sp³-hybridized carbons (Fsp3) is 0.500. The van der Waals surface area contributed by atoms with Crippen LogP contribution >= 0.6 is 0 Å². The van der Waals surface area contributed by atoms with Crippen molar-refractivity contribution in [1.82, 2.24) is 10.8 Å². The minimum Gasteiger partial charge on any atom is -0.325 e. The summed E-state index contributed by atoms with van der Waals surface area (Å²) >= 11 is 0. The van der Waals surface area contributed by atoms with E-state index in [9.17, 15) is 4.79 Å². The number of allylic oxidation sites excluding steroid dienone is 2. The van der Waals surface area contributed by atoms with Crippen LogP contribution in [0.2, 0.25) is 0 Å². The number of amides is 1. The summed E-state index contributed by atoms with van der Waals surface area (Å²) in [5, 5.41) is 2.78. The average molecular weight is 298 g/mol. The van der Waals surface area contributed by atoms with Gasteiger partial charge in [-0.25, -0.2) is 10.3 Å². The van der Waals surface area contributed by atoms with E-state index in [-0.39, 0.29) is 0 Å². The second-order valence-electron chi connectivity index (χ2n) is 6.89. The van der Waals surface area contributed by atoms with Gasteiger partial charge in [0.15, 0.2) is 0 Å². The average Bonchev–Trinajstić information content (AvgIpc) is 2.52. The van der Waals surface area contributed by atoms with Gasteiger partial charge in [0, 0.05) is 12.5 Å². The first-order chi connectivity index (χ1) is 10.8. The number of carbonyl (C=O) groups is 1. The Labute approximate surface area is 130 Å². The van der Waals surface area contributed by atoms with Crippen LogP contribution < -0.4 is 10.8 Å². The van der Waals surface area contributed by atoms with E-state index in [2.05, 4.69) is 10.8 Å². The molecule has 0 saturated heterocycles. The van der Waals surface area contributed by atoms with E-state index in [0.717, 1.165) is 17.4 Å². The maximum atomic E-state index is 11.8. The van der Waals surface area contributed by atoms with Crippen molar-refractivity contribution >= 4 is 6.09 Å². The van der Waals surface area contributed by atoms with Gasteiger partial charge in [0.05, 0.1) is 5.70 Å². The first-order valence-corrected chi connectivity index (χ1v) is 8.24. The van der Waals surface area contributed by atoms with Crippen LogP contribution in [0.5, 0.6) is 0 Å². The minimum absolute atomic E-state index is 0.411. The van der Waals surface area contributed by atoms with Gasteiger partial charge < -0.3 is 10.2 Å². The van der Waals surface area contributed by atoms with Crippen LogP contribution in [0.4, 0.5) is 4.79 Å². The van der Waals surface area contributed by atoms with E-state index in [1.54, 1.807) is 0 Å². The molecule has 1 amide bonds. The minimum atomic E-state index is -0.411. The van der Waals surface area contributed by atoms with Gasteiger partial charge in [-0.2, -0.15) is 0 Å². The standard InChI is InChI=1S/C18H22N2O2/c21-18(19-11-12-4-2-1-3-5-12)22-20-17-15-7-13-6-14(9-15)10-16(17)8-13/h1-5,13-15,20H,6-11H2,(H,19,21). The molecule has 22 heavy (non-hydrogen) atoms. The summed E-state index contributed by atoms with van der Waals surface area (Å²) in [4.78, 5) is 17.1. The summed E-state index contributed by atoms with van der Waals surface area (Å²) in [5.41, 5.74) is 6.73. The quantitative estimate of drug-likeness (QED) is 0.836. The summed E-state index contributed by atoms with van der Waals surface area (Å²) in [6, 6.07) is 9.85. The second-order valence-corrected chi connectivity index (χ2v) is 6.89. The lowest BCUT2D eigenvalue weighted by atomic mass is 9.60. The number of hydrogen-bond donors (Lipinski definition) is 2. The van der Waals surface area contributed by atoms with E-state index in [1.165, 1.54) is 43.4 Å². The zero-order valence-corrected chi connectivity index (χ0v) is 12.7. The molecule has 2 unspecified atom stereocenters. The van der Waals surface area contributed by atoms with Gasteiger partial charge in [-0.1, -0.05) is 30.3 Å². The predicted molar refractivity (Wildman–Crippen MR) is 83.5 cm³/mol. The van der Waals surface area contributed by atoms with Crippen molar-refractivity contribution in [3.8, 4) is 0 Å². The molecule has 0 radical (unpaired) electrons. The third kappa shape index (κ3) is 2.70. The third-order valence-corrected chi connectivity index (χ3v) is 5.30. The van der Waals surface area contributed by atoms with Crippen molar-refractivity contribution in [2.75, 3.05) is 0 Å². The van der Waals surface area contributed by atoms with E-state index in [1.807, 2.05) is 30.3 Å². The lowest BCUT2D eigenvalue weighted by Gasteiger charge is -2.47. The van der Waals surface area contributed by atoms with Crippen LogP contribution in [0.15, 0.2) is 41.6 Å². The predicted octanol–water partition coefficient (Wildman–Crippen LogP) is 3.51. The van der Waals surface area contributed by atoms with Crippen molar-refractivity contribution < 1.29 is 9.63 Å². The molecule has 4 heteroatoms. The molecule has 1 aromatic carbocycles. The maximum Gasteiger partial charge on any atom is 0.431 e. The molecule has 0 aromatic heterocycles. The largest absolute Gasteiger partial charge is 0.431 e. The van der Waals surface area contributed by atoms with E-state index >= 15 is 0 Å². The number of rotatable bonds is 4. The lowest BCUT2D eigenvalue weighted by Crippen LogP contribution is -2.41. The van der Waals surface area contributed by atoms with Crippen LogP contribution in [0.3, 0.4) is 0 Å². The molecular weight excluding hydrogens is 276 g/mol. The molecule has 1 aromatic rings. The molecule has 0 heterocycles. The van der Waals surface area contributed by atoms with Gasteiger partial charge in [-0.3, -0.25) is 0 Å². The number of nitrogens with one attached hydrogen (secondary N) is 2. The number of benzene rings is 1. The Kier molecular flexibility index (Phi) is 3.53. The normalized spacial score (nSPS) is 28.6. The van der Waals surface area contributed by atoms with Gasteiger partial charge in [-0.15, -0.1) is 0 Å². The fourth-order valence-corrected chi connectivity index (χ4v) is 4.49. The Balaban J connectivity index is 1.30. The molecule has 4 bridgehead atoms. The molecule has 0 spiro atoms. The SMILES string of the molecule is O=C(NCc1ccccc1)ONC1=C2CC3CC(C2)CC1C3. The van der Waals surface area contributed by atoms with Gasteiger partial charge in [0.2, 0.25) is 0 Å². The van der Waals surface area contributed by atoms with Crippen molar-refractivity contribution in [2.24, 2.45) is 17.8 Å². The highest BCUT2D eigenvalue weighted by atomic mass is 16.7. The first-order valence-electron chi connectivity index (χ1n) is 8.24. The molecule has 4 aliphatic rings. The summed E-state index contributed by atoms with van der Waals surface area (Å²) in [7, 11) is 0. The first kappa shape index (κ1) is 13.7. The molecule has 2 fully saturated rings. The molecular formula is C18H22N2O2. The number of carbonyl (C=O) groups excluding carboxylic acids is 1. The van der Waals surface area contributed by atoms with Crippen LogP contribution in [-0.2, 0) is 11.4 Å². The van der Waals surface area contributed by atoms with Crippen molar-refractivity contribution in [2.45, 2.75) is 38.6 Å². The summed E-state index contributed by atoms with van der Waals surface area (Å²) in [5.74, 6) is 2.35. The molecule has 0 aliphatic heterocycles. The lowest BCUT2D eigenvalue weighted by molar-refractivity contribution is 0.0743. The Hall–Kier alpha value is -1.97. The van der Waals surface area contributed by atoms with Crippen LogP contribution in [-0.4, -0.2) is 6.09 Å². The van der Waals surface area contributed by atoms with Crippen LogP contribution in [0, 0.1) is 17.8 Å². The summed E-state index contributed by atoms with van der Waals surface area (Å²) in [6.45, 7) is 0.487. The van der Waals surface area contributed by atoms with Crippen molar-refractivity contribution in [3.05, 3.63) is 47.2 Å². The zero-order valence-electron chi connectivity index (χ0n) is 12.7. The van der Waals surface area contributed by atoms with E-state index in [4.69, 9.17) is 4.84 Å². The molecule has 4 nitrogen and oxygen atoms in total. The van der Waals surface area contributed by atoms with Crippen molar-refractivity contribution in [1.29, 1.82) is 0 Å². The van der Waals surface area contributed by atoms with E-state index in [0.29, 0.717) is 12.5 Å². The second kappa shape index (κ2) is 5.67. The van der Waals surface area contributed by atoms with Gasteiger partial charge in [0.1, 0.15) is 0 Å². The van der Waals surface area contributed by atoms with Gasteiger partial charge in [0.25, 0.3) is 0 Å². The molecule has 2 saturated carbocycles. The van der Waals surface area contributed by atoms with Gasteiger partial charge in [-0.05, 0) is 55.1 Å². The van der Waals surface area contributed by atoms with Crippen LogP contribution in [0.1, 0.15) is 37.7 Å². The van der Waals surface area contributed by atoms with Crippen LogP contribution in [0.25, 0.3) is 0 Å². The molecule has 4 aliphatic carbocycles. The fourth-order valence-electron chi connectivity index (χ4n) is 4.49. The molecule has 2 N–H and O–H groups in total. The zero-order chi connectivity index (χ0) is 14.9. The smallest absolute Gasteiger partial charge is 0.325 e. The Morgan fingerprint density at radius 1 is 1.09 bits per heavy atom. The summed E-state index contributed by atoms with van der Waals surface area (Å²) in [6.07, 6.45) is 5.92. The highest BCUT2D eigenvalue weighted by Gasteiger charge is 2.42. The topological polar surface area (TPSA) is 50.4 Å². The Morgan fingerprint density at radius 3 is 2.50 bits per heavy atom. The Morgan fingerprint density at radius 2 is 1.82 bits per heavy atom. The Bertz CT molecular complexity index is 580. The molecule has 2 atom stereocenters. The third-order valence-electron chi connectivity index (χ3n) is 5.30. The summed E-state index contributed by atoms with van der Waals surface area (Å²) < 4.78 is 0. The van der Waals surface area contributed by atoms with Gasteiger partial charge >= 0.3 is 6.09 Å². The number of hydroxylamine groups is 1. The highest BCUT2D eigenvalue weighted by Crippen LogP contribution is 2.52. The molecule has 5 rings (SSSR count). The highest BCUT2D eigenvalue weighted by molar-refractivity contribution is 5.67. The molecule has 116 valence electrons.